The van der Waals surface area contributed by atoms with Gasteiger partial charge in [0.1, 0.15) is 11.9 Å². The molecule has 0 saturated heterocycles. The number of nitrogens with one attached hydrogen (secondary N) is 1. The molecule has 1 fully saturated rings. The van der Waals surface area contributed by atoms with Crippen molar-refractivity contribution >= 4 is 0 Å². The number of para-hydroxylation sites is 1. The van der Waals surface area contributed by atoms with Gasteiger partial charge in [0.05, 0.1) is 0 Å². The van der Waals surface area contributed by atoms with Gasteiger partial charge in [-0.25, -0.2) is 0 Å². The summed E-state index contributed by atoms with van der Waals surface area (Å²) < 4.78 is 6.00. The molecule has 1 aromatic carbocycles. The maximum atomic E-state index is 6.00. The lowest BCUT2D eigenvalue weighted by Crippen LogP contribution is -2.39. The van der Waals surface area contributed by atoms with E-state index in [1.54, 1.807) is 0 Å². The van der Waals surface area contributed by atoms with E-state index in [0.29, 0.717) is 6.10 Å². The van der Waals surface area contributed by atoms with Crippen LogP contribution in [0.3, 0.4) is 0 Å². The minimum Gasteiger partial charge on any atom is -0.488 e. The van der Waals surface area contributed by atoms with Crippen molar-refractivity contribution in [3.63, 3.8) is 0 Å². The average Bonchev–Trinajstić information content (AvgIpc) is 2.90. The van der Waals surface area contributed by atoms with Gasteiger partial charge in [-0.2, -0.15) is 0 Å². The standard InChI is InChI=1S/C18H27NO/c1-2-5-14-8-10-16(11-9-14)19-13-17-12-15-6-3-4-7-18(15)20-17/h3-4,6-7,14,16-17,19H,2,5,8-13H2,1H3. The lowest BCUT2D eigenvalue weighted by Gasteiger charge is -2.29. The highest BCUT2D eigenvalue weighted by Gasteiger charge is 2.25. The van der Waals surface area contributed by atoms with Gasteiger partial charge in [0, 0.05) is 19.0 Å². The van der Waals surface area contributed by atoms with Crippen LogP contribution < -0.4 is 10.1 Å². The molecule has 1 heterocycles. The summed E-state index contributed by atoms with van der Waals surface area (Å²) in [6, 6.07) is 9.16. The molecule has 1 saturated carbocycles. The summed E-state index contributed by atoms with van der Waals surface area (Å²) in [4.78, 5) is 0. The normalized spacial score (nSPS) is 28.9. The number of hydrogen-bond donors (Lipinski definition) is 1. The molecule has 1 aliphatic heterocycles. The monoisotopic (exact) mass is 273 g/mol. The minimum absolute atomic E-state index is 0.334. The van der Waals surface area contributed by atoms with E-state index in [2.05, 4.69) is 36.5 Å². The zero-order chi connectivity index (χ0) is 13.8. The molecule has 0 amide bonds. The molecular weight excluding hydrogens is 246 g/mol. The molecule has 110 valence electrons. The van der Waals surface area contributed by atoms with Crippen LogP contribution in [0.25, 0.3) is 0 Å². The van der Waals surface area contributed by atoms with Gasteiger partial charge in [0.25, 0.3) is 0 Å². The van der Waals surface area contributed by atoms with Crippen molar-refractivity contribution in [2.75, 3.05) is 6.54 Å². The van der Waals surface area contributed by atoms with Gasteiger partial charge < -0.3 is 10.1 Å². The predicted octanol–water partition coefficient (Wildman–Crippen LogP) is 3.94. The number of fused-ring (bicyclic) bond motifs is 1. The molecule has 3 rings (SSSR count). The second-order valence-corrected chi connectivity index (χ2v) is 6.47. The van der Waals surface area contributed by atoms with Crippen molar-refractivity contribution in [3.8, 4) is 5.75 Å². The third-order valence-corrected chi connectivity index (χ3v) is 4.89. The van der Waals surface area contributed by atoms with Gasteiger partial charge in [-0.3, -0.25) is 0 Å². The molecule has 1 unspecified atom stereocenters. The van der Waals surface area contributed by atoms with Gasteiger partial charge in [0.2, 0.25) is 0 Å². The predicted molar refractivity (Wildman–Crippen MR) is 83.2 cm³/mol. The van der Waals surface area contributed by atoms with Crippen LogP contribution in [0, 0.1) is 5.92 Å². The molecule has 0 spiro atoms. The molecule has 0 bridgehead atoms. The highest BCUT2D eigenvalue weighted by atomic mass is 16.5. The zero-order valence-electron chi connectivity index (χ0n) is 12.6. The first-order chi connectivity index (χ1) is 9.85. The van der Waals surface area contributed by atoms with Crippen LogP contribution in [0.5, 0.6) is 5.75 Å². The average molecular weight is 273 g/mol. The van der Waals surface area contributed by atoms with Crippen LogP contribution in [0.15, 0.2) is 24.3 Å². The minimum atomic E-state index is 0.334. The summed E-state index contributed by atoms with van der Waals surface area (Å²) >= 11 is 0. The van der Waals surface area contributed by atoms with Gasteiger partial charge in [-0.15, -0.1) is 0 Å². The maximum absolute atomic E-state index is 6.00. The first-order valence-electron chi connectivity index (χ1n) is 8.33. The van der Waals surface area contributed by atoms with Crippen LogP contribution in [-0.2, 0) is 6.42 Å². The van der Waals surface area contributed by atoms with Crippen molar-refractivity contribution in [1.82, 2.24) is 5.32 Å². The van der Waals surface area contributed by atoms with Gasteiger partial charge in [0.15, 0.2) is 0 Å². The Morgan fingerprint density at radius 3 is 2.70 bits per heavy atom. The van der Waals surface area contributed by atoms with E-state index < -0.39 is 0 Å². The van der Waals surface area contributed by atoms with Crippen molar-refractivity contribution < 1.29 is 4.74 Å². The van der Waals surface area contributed by atoms with Crippen LogP contribution in [0.4, 0.5) is 0 Å². The SMILES string of the molecule is CCCC1CCC(NCC2Cc3ccccc3O2)CC1. The van der Waals surface area contributed by atoms with Crippen molar-refractivity contribution in [3.05, 3.63) is 29.8 Å². The molecular formula is C18H27NO. The summed E-state index contributed by atoms with van der Waals surface area (Å²) in [5.74, 6) is 2.08. The summed E-state index contributed by atoms with van der Waals surface area (Å²) in [7, 11) is 0. The molecule has 2 nitrogen and oxygen atoms in total. The van der Waals surface area contributed by atoms with Crippen LogP contribution in [0.2, 0.25) is 0 Å². The summed E-state index contributed by atoms with van der Waals surface area (Å²) in [6.07, 6.45) is 9.70. The molecule has 1 N–H and O–H groups in total. The lowest BCUT2D eigenvalue weighted by atomic mass is 9.83. The van der Waals surface area contributed by atoms with Crippen molar-refractivity contribution in [1.29, 1.82) is 0 Å². The second kappa shape index (κ2) is 6.62. The van der Waals surface area contributed by atoms with E-state index in [-0.39, 0.29) is 0 Å². The first-order valence-corrected chi connectivity index (χ1v) is 8.33. The van der Waals surface area contributed by atoms with E-state index in [9.17, 15) is 0 Å². The molecule has 2 aliphatic rings. The molecule has 20 heavy (non-hydrogen) atoms. The number of benzene rings is 1. The third-order valence-electron chi connectivity index (χ3n) is 4.89. The number of ether oxygens (including phenoxy) is 1. The Kier molecular flexibility index (Phi) is 4.62. The van der Waals surface area contributed by atoms with E-state index in [0.717, 1.165) is 30.7 Å². The highest BCUT2D eigenvalue weighted by molar-refractivity contribution is 5.37. The van der Waals surface area contributed by atoms with Gasteiger partial charge in [-0.05, 0) is 43.2 Å². The smallest absolute Gasteiger partial charge is 0.123 e. The Balaban J connectivity index is 1.39. The van der Waals surface area contributed by atoms with E-state index in [4.69, 9.17) is 4.74 Å². The Morgan fingerprint density at radius 2 is 1.95 bits per heavy atom. The van der Waals surface area contributed by atoms with Gasteiger partial charge in [-0.1, -0.05) is 38.0 Å². The zero-order valence-corrected chi connectivity index (χ0v) is 12.6. The molecule has 1 aromatic rings. The Labute approximate surface area is 122 Å². The van der Waals surface area contributed by atoms with Crippen LogP contribution >= 0.6 is 0 Å². The quantitative estimate of drug-likeness (QED) is 0.877. The number of rotatable bonds is 5. The van der Waals surface area contributed by atoms with Crippen molar-refractivity contribution in [2.24, 2.45) is 5.92 Å². The Hall–Kier alpha value is -1.02. The second-order valence-electron chi connectivity index (χ2n) is 6.47. The fourth-order valence-corrected chi connectivity index (χ4v) is 3.73. The summed E-state index contributed by atoms with van der Waals surface area (Å²) in [5.41, 5.74) is 1.37. The Bertz CT molecular complexity index is 398. The first kappa shape index (κ1) is 13.9. The molecule has 1 aliphatic carbocycles. The molecule has 2 heteroatoms. The molecule has 0 aromatic heterocycles. The van der Waals surface area contributed by atoms with Crippen LogP contribution in [-0.4, -0.2) is 18.7 Å². The maximum Gasteiger partial charge on any atom is 0.123 e. The molecule has 0 radical (unpaired) electrons. The fourth-order valence-electron chi connectivity index (χ4n) is 3.73. The third kappa shape index (κ3) is 3.35. The summed E-state index contributed by atoms with van der Waals surface area (Å²) in [6.45, 7) is 3.30. The summed E-state index contributed by atoms with van der Waals surface area (Å²) in [5, 5.41) is 3.74. The topological polar surface area (TPSA) is 21.3 Å². The lowest BCUT2D eigenvalue weighted by molar-refractivity contribution is 0.205. The van der Waals surface area contributed by atoms with Gasteiger partial charge >= 0.3 is 0 Å². The Morgan fingerprint density at radius 1 is 1.15 bits per heavy atom. The molecule has 1 atom stereocenters. The van der Waals surface area contributed by atoms with E-state index >= 15 is 0 Å². The van der Waals surface area contributed by atoms with Crippen molar-refractivity contribution in [2.45, 2.75) is 64.0 Å². The fraction of sp³-hybridized carbons (Fsp3) is 0.667. The van der Waals surface area contributed by atoms with E-state index in [1.165, 1.54) is 44.1 Å². The largest absolute Gasteiger partial charge is 0.488 e. The van der Waals surface area contributed by atoms with Crippen LogP contribution in [0.1, 0.15) is 51.0 Å². The highest BCUT2D eigenvalue weighted by Crippen LogP contribution is 2.29. The van der Waals surface area contributed by atoms with E-state index in [1.807, 2.05) is 0 Å². The number of hydrogen-bond acceptors (Lipinski definition) is 2.